The lowest BCUT2D eigenvalue weighted by Gasteiger charge is -2.09. The molecule has 0 unspecified atom stereocenters. The first-order valence-corrected chi connectivity index (χ1v) is 8.73. The molecule has 5 heteroatoms. The molecule has 27 heavy (non-hydrogen) atoms. The molecule has 136 valence electrons. The molecule has 2 N–H and O–H groups in total. The molecular weight excluding hydrogens is 338 g/mol. The van der Waals surface area contributed by atoms with Gasteiger partial charge in [-0.05, 0) is 29.7 Å². The van der Waals surface area contributed by atoms with E-state index in [4.69, 9.17) is 0 Å². The van der Waals surface area contributed by atoms with Crippen molar-refractivity contribution in [2.24, 2.45) is 0 Å². The van der Waals surface area contributed by atoms with Gasteiger partial charge in [-0.3, -0.25) is 14.6 Å². The predicted octanol–water partition coefficient (Wildman–Crippen LogP) is 3.25. The summed E-state index contributed by atoms with van der Waals surface area (Å²) in [6, 6.07) is 19.1. The summed E-state index contributed by atoms with van der Waals surface area (Å²) in [4.78, 5) is 28.8. The molecule has 0 fully saturated rings. The van der Waals surface area contributed by atoms with E-state index in [9.17, 15) is 9.59 Å². The zero-order valence-electron chi connectivity index (χ0n) is 15.1. The van der Waals surface area contributed by atoms with Gasteiger partial charge in [0.05, 0.1) is 11.1 Å². The number of aromatic nitrogens is 1. The lowest BCUT2D eigenvalue weighted by Crippen LogP contribution is -2.25. The molecular formula is C22H21N3O2. The van der Waals surface area contributed by atoms with Gasteiger partial charge in [-0.1, -0.05) is 54.6 Å². The Labute approximate surface area is 158 Å². The van der Waals surface area contributed by atoms with Gasteiger partial charge in [0.15, 0.2) is 0 Å². The maximum Gasteiger partial charge on any atom is 0.253 e. The third kappa shape index (κ3) is 5.01. The van der Waals surface area contributed by atoms with E-state index in [1.165, 1.54) is 12.4 Å². The Morgan fingerprint density at radius 2 is 1.41 bits per heavy atom. The van der Waals surface area contributed by atoms with E-state index in [0.29, 0.717) is 24.2 Å². The molecule has 5 nitrogen and oxygen atoms in total. The first-order chi connectivity index (χ1) is 13.1. The summed E-state index contributed by atoms with van der Waals surface area (Å²) >= 11 is 0. The molecule has 0 bridgehead atoms. The fourth-order valence-corrected chi connectivity index (χ4v) is 2.65. The maximum absolute atomic E-state index is 12.4. The van der Waals surface area contributed by atoms with Crippen LogP contribution in [0.3, 0.4) is 0 Å². The number of hydrogen-bond donors (Lipinski definition) is 2. The molecule has 2 aromatic carbocycles. The van der Waals surface area contributed by atoms with Gasteiger partial charge in [0.1, 0.15) is 0 Å². The van der Waals surface area contributed by atoms with Gasteiger partial charge in [0.25, 0.3) is 11.8 Å². The van der Waals surface area contributed by atoms with E-state index in [-0.39, 0.29) is 11.8 Å². The number of amides is 2. The number of nitrogens with zero attached hydrogens (tertiary/aromatic N) is 1. The summed E-state index contributed by atoms with van der Waals surface area (Å²) in [6.07, 6.45) is 2.92. The van der Waals surface area contributed by atoms with E-state index in [2.05, 4.69) is 15.6 Å². The molecule has 0 saturated carbocycles. The van der Waals surface area contributed by atoms with Gasteiger partial charge in [-0.25, -0.2) is 0 Å². The molecule has 2 amide bonds. The second kappa shape index (κ2) is 8.76. The van der Waals surface area contributed by atoms with Crippen LogP contribution in [0.25, 0.3) is 0 Å². The van der Waals surface area contributed by atoms with Gasteiger partial charge in [0.2, 0.25) is 0 Å². The standard InChI is InChI=1S/C22H21N3O2/c1-16-7-5-6-10-18(16)15-25-22(27)20-11-19(13-23-14-20)21(26)24-12-17-8-3-2-4-9-17/h2-11,13-14H,12,15H2,1H3,(H,24,26)(H,25,27). The summed E-state index contributed by atoms with van der Waals surface area (Å²) in [5.74, 6) is -0.525. The number of nitrogens with one attached hydrogen (secondary N) is 2. The second-order valence-corrected chi connectivity index (χ2v) is 6.24. The zero-order valence-corrected chi connectivity index (χ0v) is 15.1. The number of pyridine rings is 1. The zero-order chi connectivity index (χ0) is 19.1. The Morgan fingerprint density at radius 3 is 2.07 bits per heavy atom. The summed E-state index contributed by atoms with van der Waals surface area (Å²) in [5.41, 5.74) is 3.89. The Balaban J connectivity index is 1.61. The smallest absolute Gasteiger partial charge is 0.253 e. The first kappa shape index (κ1) is 18.3. The van der Waals surface area contributed by atoms with Gasteiger partial charge >= 0.3 is 0 Å². The van der Waals surface area contributed by atoms with Crippen LogP contribution in [0.2, 0.25) is 0 Å². The average Bonchev–Trinajstić information content (AvgIpc) is 2.72. The number of carbonyl (C=O) groups excluding carboxylic acids is 2. The second-order valence-electron chi connectivity index (χ2n) is 6.24. The molecule has 1 heterocycles. The summed E-state index contributed by atoms with van der Waals surface area (Å²) in [6.45, 7) is 2.85. The molecule has 0 aliphatic rings. The minimum Gasteiger partial charge on any atom is -0.348 e. The normalized spacial score (nSPS) is 10.3. The number of benzene rings is 2. The lowest BCUT2D eigenvalue weighted by atomic mass is 10.1. The third-order valence-corrected chi connectivity index (χ3v) is 4.26. The number of rotatable bonds is 6. The number of aryl methyl sites for hydroxylation is 1. The highest BCUT2D eigenvalue weighted by molar-refractivity contribution is 5.99. The molecule has 0 saturated heterocycles. The van der Waals surface area contributed by atoms with Crippen molar-refractivity contribution < 1.29 is 9.59 Å². The maximum atomic E-state index is 12.4. The van der Waals surface area contributed by atoms with Gasteiger partial charge in [0, 0.05) is 25.5 Å². The molecule has 0 aliphatic heterocycles. The van der Waals surface area contributed by atoms with Crippen molar-refractivity contribution >= 4 is 11.8 Å². The van der Waals surface area contributed by atoms with Crippen molar-refractivity contribution in [3.8, 4) is 0 Å². The van der Waals surface area contributed by atoms with Crippen molar-refractivity contribution in [2.45, 2.75) is 20.0 Å². The lowest BCUT2D eigenvalue weighted by molar-refractivity contribution is 0.0950. The van der Waals surface area contributed by atoms with Crippen LogP contribution in [0.5, 0.6) is 0 Å². The minimum absolute atomic E-state index is 0.261. The van der Waals surface area contributed by atoms with Crippen LogP contribution in [0.15, 0.2) is 73.1 Å². The van der Waals surface area contributed by atoms with Crippen LogP contribution in [-0.2, 0) is 13.1 Å². The Kier molecular flexibility index (Phi) is 5.94. The van der Waals surface area contributed by atoms with Crippen LogP contribution < -0.4 is 10.6 Å². The van der Waals surface area contributed by atoms with Crippen molar-refractivity contribution in [1.29, 1.82) is 0 Å². The van der Waals surface area contributed by atoms with E-state index in [1.807, 2.05) is 61.5 Å². The van der Waals surface area contributed by atoms with Crippen LogP contribution in [0, 0.1) is 6.92 Å². The highest BCUT2D eigenvalue weighted by Crippen LogP contribution is 2.08. The predicted molar refractivity (Wildman–Crippen MR) is 104 cm³/mol. The van der Waals surface area contributed by atoms with Gasteiger partial charge in [-0.15, -0.1) is 0 Å². The summed E-state index contributed by atoms with van der Waals surface area (Å²) in [5, 5.41) is 5.71. The highest BCUT2D eigenvalue weighted by Gasteiger charge is 2.11. The Hall–Kier alpha value is -3.47. The molecule has 0 radical (unpaired) electrons. The fourth-order valence-electron chi connectivity index (χ4n) is 2.65. The van der Waals surface area contributed by atoms with Crippen LogP contribution in [-0.4, -0.2) is 16.8 Å². The van der Waals surface area contributed by atoms with Gasteiger partial charge < -0.3 is 10.6 Å². The van der Waals surface area contributed by atoms with Crippen LogP contribution >= 0.6 is 0 Å². The largest absolute Gasteiger partial charge is 0.348 e. The van der Waals surface area contributed by atoms with Crippen molar-refractivity contribution in [2.75, 3.05) is 0 Å². The molecule has 3 aromatic rings. The van der Waals surface area contributed by atoms with E-state index < -0.39 is 0 Å². The average molecular weight is 359 g/mol. The molecule has 1 aromatic heterocycles. The van der Waals surface area contributed by atoms with Crippen LogP contribution in [0.4, 0.5) is 0 Å². The van der Waals surface area contributed by atoms with E-state index in [0.717, 1.165) is 16.7 Å². The fraction of sp³-hybridized carbons (Fsp3) is 0.136. The van der Waals surface area contributed by atoms with Crippen molar-refractivity contribution in [3.63, 3.8) is 0 Å². The topological polar surface area (TPSA) is 71.1 Å². The molecule has 0 aliphatic carbocycles. The summed E-state index contributed by atoms with van der Waals surface area (Å²) in [7, 11) is 0. The van der Waals surface area contributed by atoms with E-state index in [1.54, 1.807) is 6.07 Å². The SMILES string of the molecule is Cc1ccccc1CNC(=O)c1cncc(C(=O)NCc2ccccc2)c1. The third-order valence-electron chi connectivity index (χ3n) is 4.26. The van der Waals surface area contributed by atoms with E-state index >= 15 is 0 Å². The van der Waals surface area contributed by atoms with Crippen molar-refractivity contribution in [3.05, 3.63) is 101 Å². The Morgan fingerprint density at radius 1 is 0.815 bits per heavy atom. The van der Waals surface area contributed by atoms with Crippen LogP contribution in [0.1, 0.15) is 37.4 Å². The minimum atomic E-state index is -0.264. The highest BCUT2D eigenvalue weighted by atomic mass is 16.2. The monoisotopic (exact) mass is 359 g/mol. The van der Waals surface area contributed by atoms with Crippen molar-refractivity contribution in [1.82, 2.24) is 15.6 Å². The summed E-state index contributed by atoms with van der Waals surface area (Å²) < 4.78 is 0. The molecule has 0 spiro atoms. The molecule has 3 rings (SSSR count). The first-order valence-electron chi connectivity index (χ1n) is 8.73. The number of carbonyl (C=O) groups is 2. The number of hydrogen-bond acceptors (Lipinski definition) is 3. The quantitative estimate of drug-likeness (QED) is 0.710. The Bertz CT molecular complexity index is 939. The van der Waals surface area contributed by atoms with Gasteiger partial charge in [-0.2, -0.15) is 0 Å². The molecule has 0 atom stereocenters.